The molecular weight excluding hydrogens is 270 g/mol. The number of nitrogens with zero attached hydrogens (tertiary/aromatic N) is 1. The van der Waals surface area contributed by atoms with Gasteiger partial charge in [-0.3, -0.25) is 14.6 Å². The van der Waals surface area contributed by atoms with Crippen LogP contribution < -0.4 is 10.9 Å². The van der Waals surface area contributed by atoms with Crippen LogP contribution in [0.5, 0.6) is 0 Å². The lowest BCUT2D eigenvalue weighted by Crippen LogP contribution is -2.34. The maximum absolute atomic E-state index is 11.8. The molecule has 2 aromatic rings. The molecule has 0 unspecified atom stereocenters. The zero-order valence-electron chi connectivity index (χ0n) is 12.2. The topological polar surface area (TPSA) is 88.0 Å². The maximum Gasteiger partial charge on any atom is 0.280 e. The van der Waals surface area contributed by atoms with Crippen LogP contribution in [0.4, 0.5) is 0 Å². The van der Waals surface area contributed by atoms with Crippen molar-refractivity contribution in [2.75, 3.05) is 0 Å². The summed E-state index contributed by atoms with van der Waals surface area (Å²) in [5.41, 5.74) is 1.82. The molecule has 6 nitrogen and oxygen atoms in total. The van der Waals surface area contributed by atoms with E-state index in [1.165, 1.54) is 6.07 Å². The number of carbonyl (C=O) groups is 1. The average molecular weight is 289 g/mol. The lowest BCUT2D eigenvalue weighted by atomic mass is 10.1. The molecule has 6 heteroatoms. The maximum atomic E-state index is 11.8. The Balaban J connectivity index is 1.79. The van der Waals surface area contributed by atoms with Gasteiger partial charge >= 0.3 is 0 Å². The van der Waals surface area contributed by atoms with E-state index >= 15 is 0 Å². The van der Waals surface area contributed by atoms with E-state index in [-0.39, 0.29) is 23.9 Å². The molecule has 0 saturated carbocycles. The molecule has 0 bridgehead atoms. The minimum atomic E-state index is -0.288. The number of carbonyl (C=O) groups excluding carboxylic acids is 1. The highest BCUT2D eigenvalue weighted by atomic mass is 16.5. The van der Waals surface area contributed by atoms with E-state index in [0.29, 0.717) is 18.6 Å². The Morgan fingerprint density at radius 2 is 2.33 bits per heavy atom. The van der Waals surface area contributed by atoms with Gasteiger partial charge in [0, 0.05) is 43.3 Å². The molecule has 2 rings (SSSR count). The van der Waals surface area contributed by atoms with Crippen molar-refractivity contribution in [3.8, 4) is 0 Å². The second-order valence-electron chi connectivity index (χ2n) is 5.12. The lowest BCUT2D eigenvalue weighted by Gasteiger charge is -2.14. The van der Waals surface area contributed by atoms with E-state index in [0.717, 1.165) is 11.3 Å². The van der Waals surface area contributed by atoms with Crippen molar-refractivity contribution in [2.24, 2.45) is 0 Å². The van der Waals surface area contributed by atoms with Crippen LogP contribution in [0.15, 0.2) is 33.7 Å². The van der Waals surface area contributed by atoms with E-state index in [1.807, 2.05) is 26.0 Å². The summed E-state index contributed by atoms with van der Waals surface area (Å²) in [6, 6.07) is 5.26. The largest absolute Gasteiger partial charge is 0.384 e. The minimum Gasteiger partial charge on any atom is -0.384 e. The van der Waals surface area contributed by atoms with E-state index in [1.54, 1.807) is 6.20 Å². The number of rotatable bonds is 6. The number of aromatic amines is 1. The summed E-state index contributed by atoms with van der Waals surface area (Å²) < 4.78 is 4.90. The highest BCUT2D eigenvalue weighted by Crippen LogP contribution is 2.06. The first-order valence-electron chi connectivity index (χ1n) is 6.92. The fourth-order valence-corrected chi connectivity index (χ4v) is 2.10. The fraction of sp³-hybridized carbons (Fsp3) is 0.400. The fourth-order valence-electron chi connectivity index (χ4n) is 2.10. The van der Waals surface area contributed by atoms with Crippen LogP contribution in [0.3, 0.4) is 0 Å². The molecule has 2 heterocycles. The van der Waals surface area contributed by atoms with Crippen molar-refractivity contribution in [3.05, 3.63) is 51.8 Å². The molecule has 0 aliphatic rings. The number of aryl methyl sites for hydroxylation is 2. The van der Waals surface area contributed by atoms with Gasteiger partial charge in [-0.15, -0.1) is 0 Å². The summed E-state index contributed by atoms with van der Waals surface area (Å²) in [6.45, 7) is 3.95. The summed E-state index contributed by atoms with van der Waals surface area (Å²) in [5.74, 6) is 0.420. The lowest BCUT2D eigenvalue weighted by molar-refractivity contribution is -0.121. The molecule has 0 aromatic carbocycles. The van der Waals surface area contributed by atoms with Gasteiger partial charge in [0.25, 0.3) is 5.56 Å². The molecular formula is C15H19N3O3. The van der Waals surface area contributed by atoms with Crippen LogP contribution in [-0.4, -0.2) is 22.1 Å². The number of H-pyrrole nitrogens is 1. The van der Waals surface area contributed by atoms with E-state index in [2.05, 4.69) is 15.5 Å². The van der Waals surface area contributed by atoms with Crippen molar-refractivity contribution < 1.29 is 9.32 Å². The molecule has 0 saturated heterocycles. The van der Waals surface area contributed by atoms with Gasteiger partial charge in [-0.25, -0.2) is 0 Å². The van der Waals surface area contributed by atoms with Crippen LogP contribution >= 0.6 is 0 Å². The van der Waals surface area contributed by atoms with Gasteiger partial charge in [0.15, 0.2) is 0 Å². The summed E-state index contributed by atoms with van der Waals surface area (Å²) in [7, 11) is 0. The molecule has 1 amide bonds. The third-order valence-corrected chi connectivity index (χ3v) is 3.20. The second-order valence-corrected chi connectivity index (χ2v) is 5.12. The predicted molar refractivity (Wildman–Crippen MR) is 77.9 cm³/mol. The highest BCUT2D eigenvalue weighted by Gasteiger charge is 2.11. The second kappa shape index (κ2) is 6.88. The molecule has 2 N–H and O–H groups in total. The minimum absolute atomic E-state index is 0.00401. The zero-order chi connectivity index (χ0) is 15.2. The van der Waals surface area contributed by atoms with Gasteiger partial charge in [0.2, 0.25) is 5.91 Å². The van der Waals surface area contributed by atoms with Crippen molar-refractivity contribution in [1.29, 1.82) is 0 Å². The summed E-state index contributed by atoms with van der Waals surface area (Å²) >= 11 is 0. The Morgan fingerprint density at radius 3 is 3.00 bits per heavy atom. The standard InChI is InChI=1S/C15H19N3O3/c1-10-4-3-7-16-13(10)8-11(2)17-14(19)6-5-12-9-15(20)18-21-12/h3-4,7,9,11H,5-6,8H2,1-2H3,(H,17,19)(H,18,20)/t11-/m0/s1. The number of aromatic nitrogens is 2. The summed E-state index contributed by atoms with van der Waals surface area (Å²) in [4.78, 5) is 27.1. The zero-order valence-corrected chi connectivity index (χ0v) is 12.2. The number of hydrogen-bond donors (Lipinski definition) is 2. The molecule has 0 aliphatic carbocycles. The van der Waals surface area contributed by atoms with Crippen molar-refractivity contribution in [2.45, 2.75) is 39.2 Å². The van der Waals surface area contributed by atoms with Gasteiger partial charge in [0.05, 0.1) is 0 Å². The Kier molecular flexibility index (Phi) is 4.92. The molecule has 21 heavy (non-hydrogen) atoms. The first-order chi connectivity index (χ1) is 10.0. The third kappa shape index (κ3) is 4.59. The molecule has 1 atom stereocenters. The van der Waals surface area contributed by atoms with Crippen molar-refractivity contribution in [3.63, 3.8) is 0 Å². The van der Waals surface area contributed by atoms with Gasteiger partial charge < -0.3 is 9.84 Å². The van der Waals surface area contributed by atoms with Gasteiger partial charge in [0.1, 0.15) is 5.76 Å². The van der Waals surface area contributed by atoms with E-state index in [4.69, 9.17) is 4.52 Å². The van der Waals surface area contributed by atoms with Gasteiger partial charge in [-0.05, 0) is 25.5 Å². The summed E-state index contributed by atoms with van der Waals surface area (Å²) in [5, 5.41) is 5.13. The predicted octanol–water partition coefficient (Wildman–Crippen LogP) is 1.35. The van der Waals surface area contributed by atoms with Crippen LogP contribution in [0.2, 0.25) is 0 Å². The molecule has 0 spiro atoms. The first-order valence-corrected chi connectivity index (χ1v) is 6.92. The third-order valence-electron chi connectivity index (χ3n) is 3.20. The van der Waals surface area contributed by atoms with Crippen LogP contribution in [0.25, 0.3) is 0 Å². The molecule has 0 radical (unpaired) electrons. The number of pyridine rings is 1. The van der Waals surface area contributed by atoms with E-state index in [9.17, 15) is 9.59 Å². The SMILES string of the molecule is Cc1cccnc1C[C@H](C)NC(=O)CCc1cc(=O)[nH]o1. The Bertz CT molecular complexity index is 660. The van der Waals surface area contributed by atoms with E-state index < -0.39 is 0 Å². The molecule has 0 aliphatic heterocycles. The van der Waals surface area contributed by atoms with Crippen LogP contribution in [0.1, 0.15) is 30.4 Å². The molecule has 112 valence electrons. The summed E-state index contributed by atoms with van der Waals surface area (Å²) in [6.07, 6.45) is 3.13. The van der Waals surface area contributed by atoms with Crippen LogP contribution in [-0.2, 0) is 17.6 Å². The first kappa shape index (κ1) is 15.0. The number of hydrogen-bond acceptors (Lipinski definition) is 4. The Labute approximate surface area is 122 Å². The average Bonchev–Trinajstić information content (AvgIpc) is 2.85. The van der Waals surface area contributed by atoms with Crippen molar-refractivity contribution >= 4 is 5.91 Å². The van der Waals surface area contributed by atoms with Gasteiger partial charge in [-0.1, -0.05) is 6.07 Å². The quantitative estimate of drug-likeness (QED) is 0.840. The highest BCUT2D eigenvalue weighted by molar-refractivity contribution is 5.76. The Hall–Kier alpha value is -2.37. The molecule has 2 aromatic heterocycles. The molecule has 0 fully saturated rings. The normalized spacial score (nSPS) is 12.1. The Morgan fingerprint density at radius 1 is 1.52 bits per heavy atom. The monoisotopic (exact) mass is 289 g/mol. The smallest absolute Gasteiger partial charge is 0.280 e. The van der Waals surface area contributed by atoms with Crippen molar-refractivity contribution in [1.82, 2.24) is 15.5 Å². The number of amides is 1. The number of nitrogens with one attached hydrogen (secondary N) is 2. The van der Waals surface area contributed by atoms with Gasteiger partial charge in [-0.2, -0.15) is 5.16 Å². The van der Waals surface area contributed by atoms with Crippen LogP contribution in [0, 0.1) is 6.92 Å².